The fourth-order valence-electron chi connectivity index (χ4n) is 2.14. The van der Waals surface area contributed by atoms with Gasteiger partial charge in [-0.1, -0.05) is 12.1 Å². The average Bonchev–Trinajstić information content (AvgIpc) is 2.97. The van der Waals surface area contributed by atoms with Crippen LogP contribution < -0.4 is 16.0 Å². The van der Waals surface area contributed by atoms with Crippen LogP contribution in [0.2, 0.25) is 0 Å². The van der Waals surface area contributed by atoms with Gasteiger partial charge >= 0.3 is 0 Å². The number of rotatable bonds is 3. The molecule has 6 heteroatoms. The number of methoxy groups -OCH3 is 1. The van der Waals surface area contributed by atoms with Gasteiger partial charge in [0.15, 0.2) is 5.84 Å². The van der Waals surface area contributed by atoms with Gasteiger partial charge in [-0.2, -0.15) is 0 Å². The van der Waals surface area contributed by atoms with Gasteiger partial charge in [-0.3, -0.25) is 0 Å². The number of nitrogen functional groups attached to an aromatic ring is 1. The maximum Gasteiger partial charge on any atom is 0.202 e. The minimum absolute atomic E-state index is 0.433. The van der Waals surface area contributed by atoms with Crippen molar-refractivity contribution in [3.63, 3.8) is 0 Å². The standard InChI is InChI=1S/C15H16N4O2/c1-9-3-4-10(7-12(9)20-2)14-18-15(21-19-14)11-5-6-17-13(16)8-11/h3-8,15H,1-2H3,(H2,16,17)(H,18,19). The highest BCUT2D eigenvalue weighted by Crippen LogP contribution is 2.25. The summed E-state index contributed by atoms with van der Waals surface area (Å²) < 4.78 is 5.32. The number of hydrogen-bond acceptors (Lipinski definition) is 6. The molecule has 0 aliphatic carbocycles. The molecule has 0 bridgehead atoms. The van der Waals surface area contributed by atoms with Crippen molar-refractivity contribution in [1.29, 1.82) is 0 Å². The Labute approximate surface area is 122 Å². The number of pyridine rings is 1. The first-order valence-corrected chi connectivity index (χ1v) is 6.53. The lowest BCUT2D eigenvalue weighted by molar-refractivity contribution is 0.0377. The number of aryl methyl sites for hydroxylation is 1. The van der Waals surface area contributed by atoms with E-state index in [1.807, 2.05) is 31.2 Å². The van der Waals surface area contributed by atoms with E-state index in [1.165, 1.54) is 0 Å². The quantitative estimate of drug-likeness (QED) is 0.900. The lowest BCUT2D eigenvalue weighted by Gasteiger charge is -2.07. The Bertz CT molecular complexity index is 700. The third-order valence-corrected chi connectivity index (χ3v) is 3.29. The molecule has 1 unspecified atom stereocenters. The number of hydroxylamine groups is 1. The fourth-order valence-corrected chi connectivity index (χ4v) is 2.14. The van der Waals surface area contributed by atoms with E-state index in [0.29, 0.717) is 11.7 Å². The van der Waals surface area contributed by atoms with Crippen molar-refractivity contribution in [2.75, 3.05) is 12.8 Å². The predicted octanol–water partition coefficient (Wildman–Crippen LogP) is 1.96. The van der Waals surface area contributed by atoms with E-state index in [4.69, 9.17) is 15.3 Å². The molecule has 6 nitrogen and oxygen atoms in total. The molecule has 1 aliphatic rings. The van der Waals surface area contributed by atoms with Gasteiger partial charge in [0.1, 0.15) is 11.6 Å². The summed E-state index contributed by atoms with van der Waals surface area (Å²) in [4.78, 5) is 14.0. The van der Waals surface area contributed by atoms with E-state index >= 15 is 0 Å². The number of nitrogens with one attached hydrogen (secondary N) is 1. The summed E-state index contributed by atoms with van der Waals surface area (Å²) in [6.45, 7) is 1.99. The maximum atomic E-state index is 5.67. The van der Waals surface area contributed by atoms with Crippen molar-refractivity contribution < 1.29 is 9.57 Å². The molecule has 108 valence electrons. The molecular formula is C15H16N4O2. The van der Waals surface area contributed by atoms with Crippen molar-refractivity contribution in [2.45, 2.75) is 13.2 Å². The average molecular weight is 284 g/mol. The number of aromatic nitrogens is 1. The number of aliphatic imine (C=N–C) groups is 1. The van der Waals surface area contributed by atoms with Gasteiger partial charge in [-0.25, -0.2) is 20.3 Å². The molecule has 3 rings (SSSR count). The number of amidine groups is 1. The van der Waals surface area contributed by atoms with E-state index in [0.717, 1.165) is 22.4 Å². The van der Waals surface area contributed by atoms with Gasteiger partial charge in [-0.05, 0) is 30.7 Å². The van der Waals surface area contributed by atoms with Gasteiger partial charge in [0.05, 0.1) is 7.11 Å². The number of benzene rings is 1. The molecule has 0 spiro atoms. The summed E-state index contributed by atoms with van der Waals surface area (Å²) >= 11 is 0. The smallest absolute Gasteiger partial charge is 0.202 e. The van der Waals surface area contributed by atoms with Crippen molar-refractivity contribution in [1.82, 2.24) is 10.5 Å². The van der Waals surface area contributed by atoms with Gasteiger partial charge in [-0.15, -0.1) is 0 Å². The second-order valence-electron chi connectivity index (χ2n) is 4.75. The molecule has 0 fully saturated rings. The van der Waals surface area contributed by atoms with E-state index in [2.05, 4.69) is 15.5 Å². The van der Waals surface area contributed by atoms with Crippen molar-refractivity contribution >= 4 is 11.7 Å². The summed E-state index contributed by atoms with van der Waals surface area (Å²) in [7, 11) is 1.65. The molecule has 0 amide bonds. The number of ether oxygens (including phenoxy) is 1. The van der Waals surface area contributed by atoms with Gasteiger partial charge < -0.3 is 10.5 Å². The van der Waals surface area contributed by atoms with Gasteiger partial charge in [0.25, 0.3) is 0 Å². The predicted molar refractivity (Wildman–Crippen MR) is 79.9 cm³/mol. The van der Waals surface area contributed by atoms with Crippen LogP contribution in [0, 0.1) is 6.92 Å². The monoisotopic (exact) mass is 284 g/mol. The van der Waals surface area contributed by atoms with Crippen LogP contribution in [0.1, 0.15) is 22.9 Å². The van der Waals surface area contributed by atoms with E-state index in [-0.39, 0.29) is 0 Å². The zero-order valence-electron chi connectivity index (χ0n) is 11.8. The Balaban J connectivity index is 1.89. The van der Waals surface area contributed by atoms with Crippen LogP contribution in [0.3, 0.4) is 0 Å². The third kappa shape index (κ3) is 2.66. The van der Waals surface area contributed by atoms with Crippen LogP contribution in [-0.2, 0) is 4.84 Å². The molecule has 1 aromatic carbocycles. The highest BCUT2D eigenvalue weighted by Gasteiger charge is 2.21. The molecule has 0 saturated carbocycles. The molecule has 1 atom stereocenters. The van der Waals surface area contributed by atoms with Gasteiger partial charge in [0, 0.05) is 17.3 Å². The van der Waals surface area contributed by atoms with Crippen molar-refractivity contribution in [2.24, 2.45) is 4.99 Å². The van der Waals surface area contributed by atoms with Crippen LogP contribution in [0.4, 0.5) is 5.82 Å². The molecule has 21 heavy (non-hydrogen) atoms. The molecule has 1 aromatic heterocycles. The number of nitrogens with zero attached hydrogens (tertiary/aromatic N) is 2. The maximum absolute atomic E-state index is 5.67. The Kier molecular flexibility index (Phi) is 3.45. The lowest BCUT2D eigenvalue weighted by Crippen LogP contribution is -2.18. The first-order chi connectivity index (χ1) is 10.2. The normalized spacial score (nSPS) is 17.2. The topological polar surface area (TPSA) is 81.8 Å². The zero-order chi connectivity index (χ0) is 14.8. The number of hydrogen-bond donors (Lipinski definition) is 2. The Morgan fingerprint density at radius 2 is 2.14 bits per heavy atom. The minimum Gasteiger partial charge on any atom is -0.496 e. The van der Waals surface area contributed by atoms with Crippen molar-refractivity contribution in [3.05, 3.63) is 53.2 Å². The van der Waals surface area contributed by atoms with E-state index in [1.54, 1.807) is 19.4 Å². The van der Waals surface area contributed by atoms with Gasteiger partial charge in [0.2, 0.25) is 6.23 Å². The van der Waals surface area contributed by atoms with Crippen molar-refractivity contribution in [3.8, 4) is 5.75 Å². The largest absolute Gasteiger partial charge is 0.496 e. The van der Waals surface area contributed by atoms with E-state index in [9.17, 15) is 0 Å². The van der Waals surface area contributed by atoms with Crippen LogP contribution in [0.25, 0.3) is 0 Å². The van der Waals surface area contributed by atoms with E-state index < -0.39 is 6.23 Å². The summed E-state index contributed by atoms with van der Waals surface area (Å²) in [6, 6.07) is 9.44. The molecule has 0 radical (unpaired) electrons. The zero-order valence-corrected chi connectivity index (χ0v) is 11.8. The first-order valence-electron chi connectivity index (χ1n) is 6.53. The van der Waals surface area contributed by atoms with Crippen LogP contribution in [0.5, 0.6) is 5.75 Å². The summed E-state index contributed by atoms with van der Waals surface area (Å²) in [5, 5.41) is 0. The Morgan fingerprint density at radius 3 is 2.90 bits per heavy atom. The Morgan fingerprint density at radius 1 is 1.29 bits per heavy atom. The van der Waals surface area contributed by atoms with Crippen LogP contribution in [-0.4, -0.2) is 17.9 Å². The molecule has 2 heterocycles. The highest BCUT2D eigenvalue weighted by atomic mass is 16.7. The fraction of sp³-hybridized carbons (Fsp3) is 0.200. The second-order valence-corrected chi connectivity index (χ2v) is 4.75. The molecule has 3 N–H and O–H groups in total. The number of anilines is 1. The molecule has 1 aliphatic heterocycles. The molecule has 2 aromatic rings. The van der Waals surface area contributed by atoms with Crippen LogP contribution in [0.15, 0.2) is 41.5 Å². The number of nitrogens with two attached hydrogens (primary N) is 1. The summed E-state index contributed by atoms with van der Waals surface area (Å²) in [6.07, 6.45) is 1.20. The molecule has 0 saturated heterocycles. The molecular weight excluding hydrogens is 268 g/mol. The van der Waals surface area contributed by atoms with Crippen LogP contribution >= 0.6 is 0 Å². The lowest BCUT2D eigenvalue weighted by atomic mass is 10.1. The second kappa shape index (κ2) is 5.41. The summed E-state index contributed by atoms with van der Waals surface area (Å²) in [5.74, 6) is 1.92. The summed E-state index contributed by atoms with van der Waals surface area (Å²) in [5.41, 5.74) is 11.3. The SMILES string of the molecule is COc1cc(C2=NC(c3ccnc(N)c3)ON2)ccc1C. The Hall–Kier alpha value is -2.60. The third-order valence-electron chi connectivity index (χ3n) is 3.29. The minimum atomic E-state index is -0.433. The first kappa shape index (κ1) is 13.4. The highest BCUT2D eigenvalue weighted by molar-refractivity contribution is 5.99.